The van der Waals surface area contributed by atoms with Gasteiger partial charge in [-0.3, -0.25) is 14.4 Å². The lowest BCUT2D eigenvalue weighted by atomic mass is 10.1. The van der Waals surface area contributed by atoms with E-state index >= 15 is 0 Å². The van der Waals surface area contributed by atoms with Gasteiger partial charge in [0.05, 0.1) is 16.6 Å². The molecule has 10 nitrogen and oxygen atoms in total. The van der Waals surface area contributed by atoms with Crippen molar-refractivity contribution >= 4 is 28.8 Å². The Kier molecular flexibility index (Phi) is 5.23. The highest BCUT2D eigenvalue weighted by Crippen LogP contribution is 2.41. The summed E-state index contributed by atoms with van der Waals surface area (Å²) in [5.41, 5.74) is 2.85. The minimum atomic E-state index is -0.547. The Morgan fingerprint density at radius 3 is 2.40 bits per heavy atom. The molecule has 3 aromatic heterocycles. The molecule has 0 spiro atoms. The smallest absolute Gasteiger partial charge is 0.312 e. The van der Waals surface area contributed by atoms with Crippen molar-refractivity contribution < 1.29 is 14.4 Å². The zero-order valence-electron chi connectivity index (χ0n) is 19.6. The number of fused-ring (bicyclic) bond motifs is 1. The third-order valence-corrected chi connectivity index (χ3v) is 6.89. The monoisotopic (exact) mass is 473 g/mol. The minimum absolute atomic E-state index is 0.0995. The van der Waals surface area contributed by atoms with Gasteiger partial charge in [0.25, 0.3) is 5.91 Å². The Balaban J connectivity index is 1.27. The summed E-state index contributed by atoms with van der Waals surface area (Å²) in [6.07, 6.45) is 5.70. The summed E-state index contributed by atoms with van der Waals surface area (Å²) in [4.78, 5) is 51.0. The van der Waals surface area contributed by atoms with E-state index in [0.29, 0.717) is 49.1 Å². The van der Waals surface area contributed by atoms with Gasteiger partial charge in [0, 0.05) is 50.0 Å². The Hall–Kier alpha value is -3.82. The fraction of sp³-hybridized carbons (Fsp3) is 0.440. The number of piperazine rings is 1. The molecular formula is C25H27N7O3. The van der Waals surface area contributed by atoms with Gasteiger partial charge in [-0.05, 0) is 50.8 Å². The van der Waals surface area contributed by atoms with Gasteiger partial charge in [0.15, 0.2) is 11.5 Å². The van der Waals surface area contributed by atoms with Gasteiger partial charge in [0.1, 0.15) is 0 Å². The van der Waals surface area contributed by atoms with Crippen molar-refractivity contribution in [2.24, 2.45) is 0 Å². The SMILES string of the molecule is Cc1nn(-c2ccccn2)c2nc(C3CC3)cc(C(=O)N3CCN(C(=O)C(=O)NC4CC4)CC3)c12. The molecule has 35 heavy (non-hydrogen) atoms. The number of hydrogen-bond donors (Lipinski definition) is 1. The molecule has 0 radical (unpaired) electrons. The number of rotatable bonds is 4. The average Bonchev–Trinajstić information content (AvgIpc) is 3.82. The highest BCUT2D eigenvalue weighted by atomic mass is 16.2. The number of carbonyl (C=O) groups is 3. The van der Waals surface area contributed by atoms with Crippen LogP contribution >= 0.6 is 0 Å². The number of pyridine rings is 2. The highest BCUT2D eigenvalue weighted by molar-refractivity contribution is 6.35. The summed E-state index contributed by atoms with van der Waals surface area (Å²) < 4.78 is 1.71. The van der Waals surface area contributed by atoms with Crippen LogP contribution in [0.2, 0.25) is 0 Å². The lowest BCUT2D eigenvalue weighted by Crippen LogP contribution is -2.54. The summed E-state index contributed by atoms with van der Waals surface area (Å²) in [5.74, 6) is -0.148. The molecule has 2 aliphatic carbocycles. The first-order valence-corrected chi connectivity index (χ1v) is 12.2. The van der Waals surface area contributed by atoms with Crippen molar-refractivity contribution in [3.05, 3.63) is 47.4 Å². The van der Waals surface area contributed by atoms with Crippen LogP contribution in [0.15, 0.2) is 30.5 Å². The van der Waals surface area contributed by atoms with Crippen LogP contribution in [0.5, 0.6) is 0 Å². The van der Waals surface area contributed by atoms with E-state index in [4.69, 9.17) is 4.98 Å². The topological polar surface area (TPSA) is 113 Å². The first-order valence-electron chi connectivity index (χ1n) is 12.2. The number of hydrogen-bond acceptors (Lipinski definition) is 6. The van der Waals surface area contributed by atoms with E-state index in [1.807, 2.05) is 31.2 Å². The molecule has 4 heterocycles. The largest absolute Gasteiger partial charge is 0.345 e. The second kappa shape index (κ2) is 8.44. The maximum absolute atomic E-state index is 13.7. The molecule has 3 amide bonds. The summed E-state index contributed by atoms with van der Waals surface area (Å²) in [6.45, 7) is 3.29. The van der Waals surface area contributed by atoms with Crippen LogP contribution < -0.4 is 5.32 Å². The Morgan fingerprint density at radius 2 is 1.74 bits per heavy atom. The summed E-state index contributed by atoms with van der Waals surface area (Å²) in [7, 11) is 0. The van der Waals surface area contributed by atoms with Gasteiger partial charge in [-0.25, -0.2) is 9.97 Å². The van der Waals surface area contributed by atoms with Crippen LogP contribution in [0, 0.1) is 6.92 Å². The molecule has 1 saturated heterocycles. The van der Waals surface area contributed by atoms with Crippen molar-refractivity contribution in [2.75, 3.05) is 26.2 Å². The van der Waals surface area contributed by atoms with E-state index in [2.05, 4.69) is 15.4 Å². The predicted molar refractivity (Wildman–Crippen MR) is 127 cm³/mol. The molecule has 0 atom stereocenters. The summed E-state index contributed by atoms with van der Waals surface area (Å²) in [5, 5.41) is 8.15. The van der Waals surface area contributed by atoms with Crippen LogP contribution in [0.4, 0.5) is 0 Å². The molecule has 10 heteroatoms. The van der Waals surface area contributed by atoms with Crippen LogP contribution in [-0.2, 0) is 9.59 Å². The fourth-order valence-corrected chi connectivity index (χ4v) is 4.61. The van der Waals surface area contributed by atoms with Crippen LogP contribution in [0.3, 0.4) is 0 Å². The molecule has 0 unspecified atom stereocenters. The maximum atomic E-state index is 13.7. The molecule has 180 valence electrons. The average molecular weight is 474 g/mol. The minimum Gasteiger partial charge on any atom is -0.345 e. The summed E-state index contributed by atoms with van der Waals surface area (Å²) in [6, 6.07) is 7.67. The Bertz CT molecular complexity index is 1320. The normalized spacial score (nSPS) is 18.1. The zero-order valence-corrected chi connectivity index (χ0v) is 19.6. The molecule has 3 aromatic rings. The van der Waals surface area contributed by atoms with Gasteiger partial charge >= 0.3 is 11.8 Å². The van der Waals surface area contributed by atoms with Gasteiger partial charge in [-0.2, -0.15) is 9.78 Å². The molecule has 0 aromatic carbocycles. The van der Waals surface area contributed by atoms with E-state index in [0.717, 1.165) is 42.5 Å². The quantitative estimate of drug-likeness (QED) is 0.576. The van der Waals surface area contributed by atoms with E-state index in [1.165, 1.54) is 4.90 Å². The third kappa shape index (κ3) is 4.13. The molecule has 6 rings (SSSR count). The van der Waals surface area contributed by atoms with E-state index in [1.54, 1.807) is 15.8 Å². The number of carbonyl (C=O) groups excluding carboxylic acids is 3. The first-order chi connectivity index (χ1) is 17.0. The predicted octanol–water partition coefficient (Wildman–Crippen LogP) is 1.56. The number of aryl methyl sites for hydroxylation is 1. The van der Waals surface area contributed by atoms with Crippen molar-refractivity contribution in [1.29, 1.82) is 0 Å². The number of amides is 3. The lowest BCUT2D eigenvalue weighted by molar-refractivity contribution is -0.146. The van der Waals surface area contributed by atoms with Gasteiger partial charge in [-0.1, -0.05) is 6.07 Å². The van der Waals surface area contributed by atoms with Crippen LogP contribution in [0.25, 0.3) is 16.9 Å². The molecule has 2 saturated carbocycles. The zero-order chi connectivity index (χ0) is 24.1. The summed E-state index contributed by atoms with van der Waals surface area (Å²) >= 11 is 0. The van der Waals surface area contributed by atoms with E-state index in [9.17, 15) is 14.4 Å². The fourth-order valence-electron chi connectivity index (χ4n) is 4.61. The van der Waals surface area contributed by atoms with Gasteiger partial charge in [-0.15, -0.1) is 0 Å². The lowest BCUT2D eigenvalue weighted by Gasteiger charge is -2.34. The Morgan fingerprint density at radius 1 is 1.00 bits per heavy atom. The highest BCUT2D eigenvalue weighted by Gasteiger charge is 2.34. The second-order valence-electron chi connectivity index (χ2n) is 9.58. The van der Waals surface area contributed by atoms with E-state index in [-0.39, 0.29) is 11.9 Å². The van der Waals surface area contributed by atoms with E-state index < -0.39 is 11.8 Å². The number of nitrogens with one attached hydrogen (secondary N) is 1. The molecule has 0 bridgehead atoms. The Labute approximate surface area is 202 Å². The standard InChI is InChI=1S/C25H27N7O3/c1-15-21-18(24(34)30-10-12-31(13-11-30)25(35)23(33)27-17-7-8-17)14-19(16-5-6-16)28-22(21)32(29-15)20-4-2-3-9-26-20/h2-4,9,14,16-17H,5-8,10-13H2,1H3,(H,27,33). The van der Waals surface area contributed by atoms with Crippen molar-refractivity contribution in [2.45, 2.75) is 44.6 Å². The molecular weight excluding hydrogens is 446 g/mol. The first kappa shape index (κ1) is 21.7. The molecule has 3 fully saturated rings. The van der Waals surface area contributed by atoms with Crippen molar-refractivity contribution in [3.63, 3.8) is 0 Å². The van der Waals surface area contributed by atoms with Gasteiger partial charge < -0.3 is 15.1 Å². The maximum Gasteiger partial charge on any atom is 0.312 e. The number of nitrogens with zero attached hydrogens (tertiary/aromatic N) is 6. The third-order valence-electron chi connectivity index (χ3n) is 6.89. The van der Waals surface area contributed by atoms with Crippen molar-refractivity contribution in [3.8, 4) is 5.82 Å². The van der Waals surface area contributed by atoms with Crippen LogP contribution in [-0.4, -0.2) is 79.5 Å². The van der Waals surface area contributed by atoms with Crippen LogP contribution in [0.1, 0.15) is 53.3 Å². The van der Waals surface area contributed by atoms with Gasteiger partial charge in [0.2, 0.25) is 0 Å². The molecule has 1 N–H and O–H groups in total. The molecule has 1 aliphatic heterocycles. The number of aromatic nitrogens is 4. The molecule has 3 aliphatic rings. The van der Waals surface area contributed by atoms with Crippen molar-refractivity contribution in [1.82, 2.24) is 34.9 Å². The second-order valence-corrected chi connectivity index (χ2v) is 9.58.